The van der Waals surface area contributed by atoms with E-state index < -0.39 is 11.7 Å². The Kier molecular flexibility index (Phi) is 4.36. The summed E-state index contributed by atoms with van der Waals surface area (Å²) in [6.07, 6.45) is 0. The average Bonchev–Trinajstić information content (AvgIpc) is 2.49. The number of benzene rings is 2. The molecule has 0 atom stereocenters. The van der Waals surface area contributed by atoms with Gasteiger partial charge in [0.2, 0.25) is 0 Å². The molecule has 2 rings (SSSR count). The van der Waals surface area contributed by atoms with E-state index in [1.165, 1.54) is 24.3 Å². The molecule has 0 bridgehead atoms. The third kappa shape index (κ3) is 3.94. The first-order chi connectivity index (χ1) is 10.1. The topological polar surface area (TPSA) is 88.1 Å². The van der Waals surface area contributed by atoms with Crippen molar-refractivity contribution in [2.45, 2.75) is 0 Å². The van der Waals surface area contributed by atoms with Gasteiger partial charge in [0.15, 0.2) is 6.61 Å². The maximum Gasteiger partial charge on any atom is 0.262 e. The summed E-state index contributed by atoms with van der Waals surface area (Å²) >= 11 is 0. The number of nitrogens with zero attached hydrogens (tertiary/aromatic N) is 1. The van der Waals surface area contributed by atoms with Gasteiger partial charge in [-0.15, -0.1) is 0 Å². The van der Waals surface area contributed by atoms with Gasteiger partial charge >= 0.3 is 0 Å². The van der Waals surface area contributed by atoms with Crippen molar-refractivity contribution in [2.24, 2.45) is 0 Å². The molecule has 106 valence electrons. The van der Waals surface area contributed by atoms with Crippen LogP contribution in [0, 0.1) is 17.1 Å². The summed E-state index contributed by atoms with van der Waals surface area (Å²) in [6, 6.07) is 12.2. The van der Waals surface area contributed by atoms with Crippen LogP contribution in [0.15, 0.2) is 42.5 Å². The molecular formula is C15H12FN3O2. The molecule has 0 saturated heterocycles. The average molecular weight is 285 g/mol. The van der Waals surface area contributed by atoms with Crippen LogP contribution < -0.4 is 15.8 Å². The van der Waals surface area contributed by atoms with Crippen LogP contribution in [0.25, 0.3) is 0 Å². The molecule has 0 saturated carbocycles. The number of nitrogen functional groups attached to an aromatic ring is 1. The maximum atomic E-state index is 13.4. The lowest BCUT2D eigenvalue weighted by Gasteiger charge is -2.09. The first-order valence-electron chi connectivity index (χ1n) is 6.06. The number of nitrogens with two attached hydrogens (primary N) is 1. The summed E-state index contributed by atoms with van der Waals surface area (Å²) in [5.74, 6) is -0.719. The molecule has 0 aromatic heterocycles. The van der Waals surface area contributed by atoms with E-state index in [1.54, 1.807) is 18.2 Å². The molecule has 0 aliphatic rings. The number of anilines is 2. The highest BCUT2D eigenvalue weighted by Gasteiger charge is 2.08. The Bertz CT molecular complexity index is 710. The summed E-state index contributed by atoms with van der Waals surface area (Å²) in [5, 5.41) is 11.1. The minimum absolute atomic E-state index is 0.00521. The second kappa shape index (κ2) is 6.39. The molecule has 0 radical (unpaired) electrons. The van der Waals surface area contributed by atoms with Crippen molar-refractivity contribution >= 4 is 17.3 Å². The van der Waals surface area contributed by atoms with Gasteiger partial charge in [-0.25, -0.2) is 4.39 Å². The fourth-order valence-electron chi connectivity index (χ4n) is 1.63. The molecule has 0 unspecified atom stereocenters. The zero-order chi connectivity index (χ0) is 15.2. The molecule has 2 aromatic rings. The number of halogens is 1. The number of nitrogens with one attached hydrogen (secondary N) is 1. The number of hydrogen-bond acceptors (Lipinski definition) is 4. The van der Waals surface area contributed by atoms with Gasteiger partial charge < -0.3 is 15.8 Å². The van der Waals surface area contributed by atoms with Crippen molar-refractivity contribution in [3.05, 3.63) is 53.8 Å². The molecular weight excluding hydrogens is 273 g/mol. The molecule has 5 nitrogen and oxygen atoms in total. The van der Waals surface area contributed by atoms with Gasteiger partial charge in [0, 0.05) is 5.69 Å². The number of rotatable bonds is 4. The van der Waals surface area contributed by atoms with Crippen LogP contribution in [0.2, 0.25) is 0 Å². The minimum Gasteiger partial charge on any atom is -0.484 e. The summed E-state index contributed by atoms with van der Waals surface area (Å²) < 4.78 is 18.7. The molecule has 0 heterocycles. The lowest BCUT2D eigenvalue weighted by molar-refractivity contribution is -0.118. The SMILES string of the molecule is N#Cc1cccc(OCC(=O)Nc2cc(N)ccc2F)c1. The molecule has 1 amide bonds. The fraction of sp³-hybridized carbons (Fsp3) is 0.0667. The second-order valence-corrected chi connectivity index (χ2v) is 4.22. The van der Waals surface area contributed by atoms with E-state index >= 15 is 0 Å². The van der Waals surface area contributed by atoms with E-state index in [2.05, 4.69) is 5.32 Å². The van der Waals surface area contributed by atoms with Crippen LogP contribution in [0.3, 0.4) is 0 Å². The van der Waals surface area contributed by atoms with Crippen molar-refractivity contribution in [3.8, 4) is 11.8 Å². The van der Waals surface area contributed by atoms with Crippen molar-refractivity contribution in [1.82, 2.24) is 0 Å². The summed E-state index contributed by atoms with van der Waals surface area (Å²) in [4.78, 5) is 11.7. The van der Waals surface area contributed by atoms with Gasteiger partial charge in [-0.2, -0.15) is 5.26 Å². The summed E-state index contributed by atoms with van der Waals surface area (Å²) in [6.45, 7) is -0.302. The van der Waals surface area contributed by atoms with E-state index in [1.807, 2.05) is 6.07 Å². The monoisotopic (exact) mass is 285 g/mol. The Balaban J connectivity index is 1.96. The van der Waals surface area contributed by atoms with Crippen LogP contribution in [-0.4, -0.2) is 12.5 Å². The smallest absolute Gasteiger partial charge is 0.262 e. The van der Waals surface area contributed by atoms with Gasteiger partial charge in [0.25, 0.3) is 5.91 Å². The molecule has 0 fully saturated rings. The van der Waals surface area contributed by atoms with E-state index in [-0.39, 0.29) is 12.3 Å². The third-order valence-electron chi connectivity index (χ3n) is 2.60. The van der Waals surface area contributed by atoms with Crippen LogP contribution in [0.1, 0.15) is 5.56 Å². The largest absolute Gasteiger partial charge is 0.484 e. The predicted molar refractivity (Wildman–Crippen MR) is 76.1 cm³/mol. The van der Waals surface area contributed by atoms with Gasteiger partial charge in [-0.3, -0.25) is 4.79 Å². The number of carbonyl (C=O) groups excluding carboxylic acids is 1. The standard InChI is InChI=1S/C15H12FN3O2/c16-13-5-4-11(18)7-14(13)19-15(20)9-21-12-3-1-2-10(6-12)8-17/h1-7H,9,18H2,(H,19,20). The molecule has 0 spiro atoms. The first kappa shape index (κ1) is 14.3. The maximum absolute atomic E-state index is 13.4. The normalized spacial score (nSPS) is 9.71. The first-order valence-corrected chi connectivity index (χ1v) is 6.06. The Morgan fingerprint density at radius 1 is 1.33 bits per heavy atom. The van der Waals surface area contributed by atoms with Gasteiger partial charge in [0.05, 0.1) is 17.3 Å². The zero-order valence-electron chi connectivity index (χ0n) is 11.0. The van der Waals surface area contributed by atoms with Crippen molar-refractivity contribution in [2.75, 3.05) is 17.7 Å². The quantitative estimate of drug-likeness (QED) is 0.844. The Morgan fingerprint density at radius 3 is 2.90 bits per heavy atom. The molecule has 2 aromatic carbocycles. The number of ether oxygens (including phenoxy) is 1. The fourth-order valence-corrected chi connectivity index (χ4v) is 1.63. The van der Waals surface area contributed by atoms with Gasteiger partial charge in [0.1, 0.15) is 11.6 Å². The van der Waals surface area contributed by atoms with Crippen LogP contribution in [-0.2, 0) is 4.79 Å². The van der Waals surface area contributed by atoms with E-state index in [4.69, 9.17) is 15.7 Å². The van der Waals surface area contributed by atoms with Gasteiger partial charge in [-0.05, 0) is 36.4 Å². The van der Waals surface area contributed by atoms with Gasteiger partial charge in [-0.1, -0.05) is 6.07 Å². The Hall–Kier alpha value is -3.07. The van der Waals surface area contributed by atoms with Crippen LogP contribution in [0.5, 0.6) is 5.75 Å². The summed E-state index contributed by atoms with van der Waals surface area (Å²) in [7, 11) is 0. The van der Waals surface area contributed by atoms with Crippen molar-refractivity contribution in [1.29, 1.82) is 5.26 Å². The highest BCUT2D eigenvalue weighted by molar-refractivity contribution is 5.92. The molecule has 0 aliphatic heterocycles. The van der Waals surface area contributed by atoms with Crippen molar-refractivity contribution < 1.29 is 13.9 Å². The Morgan fingerprint density at radius 2 is 2.14 bits per heavy atom. The predicted octanol–water partition coefficient (Wildman–Crippen LogP) is 2.30. The third-order valence-corrected chi connectivity index (χ3v) is 2.60. The molecule has 3 N–H and O–H groups in total. The van der Waals surface area contributed by atoms with Crippen LogP contribution >= 0.6 is 0 Å². The minimum atomic E-state index is -0.580. The van der Waals surface area contributed by atoms with Crippen molar-refractivity contribution in [3.63, 3.8) is 0 Å². The second-order valence-electron chi connectivity index (χ2n) is 4.22. The molecule has 21 heavy (non-hydrogen) atoms. The number of amides is 1. The van der Waals surface area contributed by atoms with E-state index in [0.717, 1.165) is 0 Å². The highest BCUT2D eigenvalue weighted by Crippen LogP contribution is 2.17. The number of hydrogen-bond donors (Lipinski definition) is 2. The van der Waals surface area contributed by atoms with E-state index in [0.29, 0.717) is 17.0 Å². The van der Waals surface area contributed by atoms with Crippen LogP contribution in [0.4, 0.5) is 15.8 Å². The highest BCUT2D eigenvalue weighted by atomic mass is 19.1. The summed E-state index contributed by atoms with van der Waals surface area (Å²) in [5.41, 5.74) is 6.28. The van der Waals surface area contributed by atoms with E-state index in [9.17, 15) is 9.18 Å². The number of carbonyl (C=O) groups is 1. The Labute approximate surface area is 120 Å². The lowest BCUT2D eigenvalue weighted by atomic mass is 10.2. The molecule has 0 aliphatic carbocycles. The lowest BCUT2D eigenvalue weighted by Crippen LogP contribution is -2.20. The zero-order valence-corrected chi connectivity index (χ0v) is 11.0. The number of nitriles is 1. The molecule has 6 heteroatoms.